The normalized spacial score (nSPS) is 20.7. The van der Waals surface area contributed by atoms with E-state index in [0.29, 0.717) is 13.0 Å². The van der Waals surface area contributed by atoms with Crippen LogP contribution in [0.4, 0.5) is 0 Å². The molecule has 1 fully saturated rings. The molecule has 0 bridgehead atoms. The van der Waals surface area contributed by atoms with Gasteiger partial charge in [-0.2, -0.15) is 0 Å². The SMILES string of the molecule is CCCCC(NCC1(O)CCC1)C(=O)O. The van der Waals surface area contributed by atoms with Gasteiger partial charge in [-0.05, 0) is 25.7 Å². The molecular formula is C11H21NO3. The van der Waals surface area contributed by atoms with E-state index in [1.807, 2.05) is 6.92 Å². The molecule has 1 atom stereocenters. The second-order valence-corrected chi connectivity index (χ2v) is 4.49. The summed E-state index contributed by atoms with van der Waals surface area (Å²) in [5.74, 6) is -0.814. The number of rotatable bonds is 7. The molecular weight excluding hydrogens is 194 g/mol. The Bertz CT molecular complexity index is 214. The number of carboxylic acids is 1. The molecule has 0 heterocycles. The summed E-state index contributed by atoms with van der Waals surface area (Å²) in [5, 5.41) is 21.7. The average molecular weight is 215 g/mol. The second-order valence-electron chi connectivity index (χ2n) is 4.49. The van der Waals surface area contributed by atoms with E-state index in [1.165, 1.54) is 0 Å². The third-order valence-corrected chi connectivity index (χ3v) is 3.11. The first kappa shape index (κ1) is 12.5. The Kier molecular flexibility index (Phi) is 4.54. The summed E-state index contributed by atoms with van der Waals surface area (Å²) < 4.78 is 0. The van der Waals surface area contributed by atoms with Crippen LogP contribution in [0.15, 0.2) is 0 Å². The van der Waals surface area contributed by atoms with Gasteiger partial charge in [0.25, 0.3) is 0 Å². The molecule has 1 aliphatic carbocycles. The molecule has 1 saturated carbocycles. The van der Waals surface area contributed by atoms with Gasteiger partial charge in [-0.3, -0.25) is 4.79 Å². The van der Waals surface area contributed by atoms with Gasteiger partial charge in [0, 0.05) is 6.54 Å². The fraction of sp³-hybridized carbons (Fsp3) is 0.909. The molecule has 0 aliphatic heterocycles. The maximum absolute atomic E-state index is 10.9. The minimum Gasteiger partial charge on any atom is -0.480 e. The summed E-state index contributed by atoms with van der Waals surface area (Å²) in [6.45, 7) is 2.45. The molecule has 0 aromatic rings. The van der Waals surface area contributed by atoms with Crippen molar-refractivity contribution in [1.82, 2.24) is 5.32 Å². The van der Waals surface area contributed by atoms with Crippen LogP contribution in [0.3, 0.4) is 0 Å². The summed E-state index contributed by atoms with van der Waals surface area (Å²) in [6, 6.07) is -0.505. The van der Waals surface area contributed by atoms with Crippen LogP contribution in [-0.2, 0) is 4.79 Å². The molecule has 1 rings (SSSR count). The summed E-state index contributed by atoms with van der Waals surface area (Å²) in [7, 11) is 0. The molecule has 1 aliphatic rings. The number of unbranched alkanes of at least 4 members (excludes halogenated alkanes) is 1. The number of hydrogen-bond acceptors (Lipinski definition) is 3. The van der Waals surface area contributed by atoms with Crippen molar-refractivity contribution in [2.24, 2.45) is 0 Å². The zero-order valence-electron chi connectivity index (χ0n) is 9.33. The Hall–Kier alpha value is -0.610. The summed E-state index contributed by atoms with van der Waals surface area (Å²) in [6.07, 6.45) is 5.17. The predicted molar refractivity (Wildman–Crippen MR) is 57.8 cm³/mol. The van der Waals surface area contributed by atoms with Crippen molar-refractivity contribution in [2.75, 3.05) is 6.54 Å². The largest absolute Gasteiger partial charge is 0.480 e. The van der Waals surface area contributed by atoms with E-state index in [2.05, 4.69) is 5.32 Å². The zero-order valence-corrected chi connectivity index (χ0v) is 9.33. The van der Waals surface area contributed by atoms with Gasteiger partial charge in [-0.1, -0.05) is 19.8 Å². The van der Waals surface area contributed by atoms with Crippen molar-refractivity contribution in [1.29, 1.82) is 0 Å². The molecule has 0 aromatic heterocycles. The van der Waals surface area contributed by atoms with Crippen LogP contribution >= 0.6 is 0 Å². The van der Waals surface area contributed by atoms with Crippen molar-refractivity contribution in [2.45, 2.75) is 57.1 Å². The lowest BCUT2D eigenvalue weighted by Crippen LogP contribution is -2.50. The van der Waals surface area contributed by atoms with Gasteiger partial charge in [0.1, 0.15) is 6.04 Å². The quantitative estimate of drug-likeness (QED) is 0.595. The topological polar surface area (TPSA) is 69.6 Å². The maximum atomic E-state index is 10.9. The summed E-state index contributed by atoms with van der Waals surface area (Å²) in [5.41, 5.74) is -0.639. The van der Waals surface area contributed by atoms with E-state index in [-0.39, 0.29) is 0 Å². The van der Waals surface area contributed by atoms with Gasteiger partial charge < -0.3 is 15.5 Å². The number of aliphatic hydroxyl groups is 1. The molecule has 0 aromatic carbocycles. The van der Waals surface area contributed by atoms with Crippen molar-refractivity contribution in [3.8, 4) is 0 Å². The lowest BCUT2D eigenvalue weighted by atomic mass is 9.80. The van der Waals surface area contributed by atoms with Crippen LogP contribution < -0.4 is 5.32 Å². The standard InChI is InChI=1S/C11H21NO3/c1-2-3-5-9(10(13)14)12-8-11(15)6-4-7-11/h9,12,15H,2-8H2,1H3,(H,13,14). The molecule has 1 unspecified atom stereocenters. The summed E-state index contributed by atoms with van der Waals surface area (Å²) >= 11 is 0. The van der Waals surface area contributed by atoms with Crippen LogP contribution in [0.5, 0.6) is 0 Å². The number of carbonyl (C=O) groups is 1. The molecule has 0 saturated heterocycles. The minimum atomic E-state index is -0.814. The van der Waals surface area contributed by atoms with E-state index in [9.17, 15) is 9.90 Å². The van der Waals surface area contributed by atoms with Crippen LogP contribution in [0.1, 0.15) is 45.4 Å². The average Bonchev–Trinajstić information content (AvgIpc) is 2.14. The van der Waals surface area contributed by atoms with E-state index < -0.39 is 17.6 Å². The highest BCUT2D eigenvalue weighted by molar-refractivity contribution is 5.73. The molecule has 0 radical (unpaired) electrons. The van der Waals surface area contributed by atoms with Gasteiger partial charge in [0.05, 0.1) is 5.60 Å². The van der Waals surface area contributed by atoms with E-state index in [4.69, 9.17) is 5.11 Å². The monoisotopic (exact) mass is 215 g/mol. The first-order valence-corrected chi connectivity index (χ1v) is 5.76. The predicted octanol–water partition coefficient (Wildman–Crippen LogP) is 1.13. The Labute approximate surface area is 90.7 Å². The van der Waals surface area contributed by atoms with Crippen LogP contribution in [0, 0.1) is 0 Å². The van der Waals surface area contributed by atoms with Crippen molar-refractivity contribution in [3.05, 3.63) is 0 Å². The Balaban J connectivity index is 2.27. The Morgan fingerprint density at radius 2 is 2.20 bits per heavy atom. The number of nitrogens with one attached hydrogen (secondary N) is 1. The van der Waals surface area contributed by atoms with E-state index in [1.54, 1.807) is 0 Å². The zero-order chi connectivity index (χ0) is 11.3. The fourth-order valence-electron chi connectivity index (χ4n) is 1.80. The molecule has 15 heavy (non-hydrogen) atoms. The highest BCUT2D eigenvalue weighted by Crippen LogP contribution is 2.30. The molecule has 3 N–H and O–H groups in total. The van der Waals surface area contributed by atoms with Gasteiger partial charge >= 0.3 is 5.97 Å². The van der Waals surface area contributed by atoms with Crippen LogP contribution in [0.2, 0.25) is 0 Å². The Morgan fingerprint density at radius 3 is 2.60 bits per heavy atom. The van der Waals surface area contributed by atoms with Gasteiger partial charge in [-0.25, -0.2) is 0 Å². The van der Waals surface area contributed by atoms with Gasteiger partial charge in [0.2, 0.25) is 0 Å². The van der Waals surface area contributed by atoms with E-state index in [0.717, 1.165) is 32.1 Å². The highest BCUT2D eigenvalue weighted by atomic mass is 16.4. The lowest BCUT2D eigenvalue weighted by molar-refractivity contribution is -0.140. The third-order valence-electron chi connectivity index (χ3n) is 3.11. The van der Waals surface area contributed by atoms with Crippen molar-refractivity contribution < 1.29 is 15.0 Å². The fourth-order valence-corrected chi connectivity index (χ4v) is 1.80. The summed E-state index contributed by atoms with van der Waals surface area (Å²) in [4.78, 5) is 10.9. The molecule has 4 heteroatoms. The number of hydrogen-bond donors (Lipinski definition) is 3. The third kappa shape index (κ3) is 3.80. The van der Waals surface area contributed by atoms with Gasteiger partial charge in [-0.15, -0.1) is 0 Å². The van der Waals surface area contributed by atoms with Crippen LogP contribution in [0.25, 0.3) is 0 Å². The van der Waals surface area contributed by atoms with Gasteiger partial charge in [0.15, 0.2) is 0 Å². The first-order chi connectivity index (χ1) is 7.07. The molecule has 0 amide bonds. The smallest absolute Gasteiger partial charge is 0.320 e. The van der Waals surface area contributed by atoms with Crippen LogP contribution in [-0.4, -0.2) is 34.4 Å². The minimum absolute atomic E-state index is 0.410. The first-order valence-electron chi connectivity index (χ1n) is 5.76. The number of carboxylic acid groups (broad SMARTS) is 1. The molecule has 88 valence electrons. The molecule has 4 nitrogen and oxygen atoms in total. The van der Waals surface area contributed by atoms with Crippen molar-refractivity contribution >= 4 is 5.97 Å². The van der Waals surface area contributed by atoms with E-state index >= 15 is 0 Å². The Morgan fingerprint density at radius 1 is 1.53 bits per heavy atom. The lowest BCUT2D eigenvalue weighted by Gasteiger charge is -2.37. The van der Waals surface area contributed by atoms with Crippen molar-refractivity contribution in [3.63, 3.8) is 0 Å². The molecule has 0 spiro atoms. The highest BCUT2D eigenvalue weighted by Gasteiger charge is 2.35. The second kappa shape index (κ2) is 5.47. The number of aliphatic carboxylic acids is 1. The maximum Gasteiger partial charge on any atom is 0.320 e.